The van der Waals surface area contributed by atoms with E-state index < -0.39 is 0 Å². The molecular formula is C22H25N3. The molecule has 0 bridgehead atoms. The van der Waals surface area contributed by atoms with Gasteiger partial charge in [0.05, 0.1) is 11.6 Å². The maximum absolute atomic E-state index is 4.69. The van der Waals surface area contributed by atoms with E-state index in [9.17, 15) is 0 Å². The molecule has 1 atom stereocenters. The van der Waals surface area contributed by atoms with Gasteiger partial charge in [-0.15, -0.1) is 0 Å². The molecule has 1 spiro atoms. The average Bonchev–Trinajstić information content (AvgIpc) is 3.27. The molecule has 3 nitrogen and oxygen atoms in total. The summed E-state index contributed by atoms with van der Waals surface area (Å²) in [6.45, 7) is 4.62. The summed E-state index contributed by atoms with van der Waals surface area (Å²) in [4.78, 5) is 7.42. The van der Waals surface area contributed by atoms with Crippen molar-refractivity contribution in [3.63, 3.8) is 0 Å². The molecule has 2 aromatic heterocycles. The number of hydrogen-bond donors (Lipinski definition) is 0. The van der Waals surface area contributed by atoms with Crippen LogP contribution in [0.1, 0.15) is 55.5 Å². The molecule has 0 amide bonds. The fourth-order valence-electron chi connectivity index (χ4n) is 5.59. The highest BCUT2D eigenvalue weighted by molar-refractivity contribution is 5.87. The third kappa shape index (κ3) is 1.79. The van der Waals surface area contributed by atoms with E-state index in [1.54, 1.807) is 5.56 Å². The quantitative estimate of drug-likeness (QED) is 0.608. The van der Waals surface area contributed by atoms with Crippen molar-refractivity contribution in [3.05, 3.63) is 59.4 Å². The predicted molar refractivity (Wildman–Crippen MR) is 103 cm³/mol. The highest BCUT2D eigenvalue weighted by Gasteiger charge is 2.53. The Morgan fingerprint density at radius 1 is 1.08 bits per heavy atom. The Balaban J connectivity index is 1.83. The number of aromatic nitrogens is 2. The highest BCUT2D eigenvalue weighted by Crippen LogP contribution is 2.58. The Hall–Kier alpha value is -2.29. The summed E-state index contributed by atoms with van der Waals surface area (Å²) in [6, 6.07) is 13.6. The first-order valence-electron chi connectivity index (χ1n) is 9.44. The van der Waals surface area contributed by atoms with Crippen molar-refractivity contribution in [2.75, 3.05) is 4.90 Å². The molecule has 2 aliphatic rings. The van der Waals surface area contributed by atoms with Gasteiger partial charge in [-0.3, -0.25) is 0 Å². The number of anilines is 1. The largest absolute Gasteiger partial charge is 0.353 e. The molecule has 1 aliphatic heterocycles. The molecule has 128 valence electrons. The molecule has 1 fully saturated rings. The SMILES string of the molecule is Cc1ccccc1N1C(C)c2c(c3cccnc3n2C)C12CCCC2. The first kappa shape index (κ1) is 15.0. The molecule has 1 aromatic carbocycles. The van der Waals surface area contributed by atoms with Gasteiger partial charge in [-0.2, -0.15) is 0 Å². The van der Waals surface area contributed by atoms with Gasteiger partial charge in [-0.05, 0) is 50.5 Å². The number of para-hydroxylation sites is 1. The van der Waals surface area contributed by atoms with Crippen LogP contribution in [-0.2, 0) is 12.6 Å². The average molecular weight is 331 g/mol. The number of nitrogens with zero attached hydrogens (tertiary/aromatic N) is 3. The lowest BCUT2D eigenvalue weighted by Crippen LogP contribution is -2.40. The van der Waals surface area contributed by atoms with Gasteiger partial charge in [-0.1, -0.05) is 31.0 Å². The van der Waals surface area contributed by atoms with E-state index >= 15 is 0 Å². The van der Waals surface area contributed by atoms with Gasteiger partial charge in [0, 0.05) is 35.6 Å². The standard InChI is InChI=1S/C22H25N3/c1-15-9-4-5-11-18(15)25-16(2)20-19(22(25)12-6-7-13-22)17-10-8-14-23-21(17)24(20)3/h4-5,8-11,14,16H,6-7,12-13H2,1-3H3. The number of fused-ring (bicyclic) bond motifs is 4. The second-order valence-electron chi connectivity index (χ2n) is 7.76. The maximum Gasteiger partial charge on any atom is 0.140 e. The summed E-state index contributed by atoms with van der Waals surface area (Å²) in [7, 11) is 2.19. The molecule has 1 unspecified atom stereocenters. The van der Waals surface area contributed by atoms with Gasteiger partial charge in [0.25, 0.3) is 0 Å². The van der Waals surface area contributed by atoms with E-state index in [2.05, 4.69) is 66.8 Å². The molecule has 25 heavy (non-hydrogen) atoms. The molecule has 3 heterocycles. The van der Waals surface area contributed by atoms with E-state index in [0.717, 1.165) is 5.65 Å². The van der Waals surface area contributed by atoms with Gasteiger partial charge in [0.2, 0.25) is 0 Å². The van der Waals surface area contributed by atoms with Gasteiger partial charge in [-0.25, -0.2) is 4.98 Å². The van der Waals surface area contributed by atoms with Crippen LogP contribution in [0.5, 0.6) is 0 Å². The van der Waals surface area contributed by atoms with Crippen molar-refractivity contribution in [1.29, 1.82) is 0 Å². The van der Waals surface area contributed by atoms with Crippen molar-refractivity contribution in [2.45, 2.75) is 51.1 Å². The summed E-state index contributed by atoms with van der Waals surface area (Å²) in [5, 5.41) is 1.35. The van der Waals surface area contributed by atoms with Crippen molar-refractivity contribution in [3.8, 4) is 0 Å². The van der Waals surface area contributed by atoms with Crippen LogP contribution in [0, 0.1) is 6.92 Å². The van der Waals surface area contributed by atoms with Crippen molar-refractivity contribution >= 4 is 16.7 Å². The fraction of sp³-hybridized carbons (Fsp3) is 0.409. The van der Waals surface area contributed by atoms with Crippen LogP contribution >= 0.6 is 0 Å². The van der Waals surface area contributed by atoms with Crippen molar-refractivity contribution in [1.82, 2.24) is 9.55 Å². The lowest BCUT2D eigenvalue weighted by Gasteiger charge is -2.41. The predicted octanol–water partition coefficient (Wildman–Crippen LogP) is 5.23. The zero-order valence-corrected chi connectivity index (χ0v) is 15.3. The second kappa shape index (κ2) is 5.10. The summed E-state index contributed by atoms with van der Waals surface area (Å²) >= 11 is 0. The minimum absolute atomic E-state index is 0.128. The number of benzene rings is 1. The Labute approximate surface area is 149 Å². The molecule has 3 heteroatoms. The van der Waals surface area contributed by atoms with Crippen LogP contribution in [-0.4, -0.2) is 9.55 Å². The van der Waals surface area contributed by atoms with Gasteiger partial charge >= 0.3 is 0 Å². The van der Waals surface area contributed by atoms with Crippen LogP contribution < -0.4 is 4.90 Å². The normalized spacial score (nSPS) is 21.4. The zero-order valence-electron chi connectivity index (χ0n) is 15.3. The monoisotopic (exact) mass is 331 g/mol. The molecule has 1 saturated carbocycles. The Morgan fingerprint density at radius 2 is 1.84 bits per heavy atom. The molecule has 0 radical (unpaired) electrons. The van der Waals surface area contributed by atoms with Crippen LogP contribution in [0.15, 0.2) is 42.6 Å². The number of rotatable bonds is 1. The van der Waals surface area contributed by atoms with E-state index in [0.29, 0.717) is 6.04 Å². The highest BCUT2D eigenvalue weighted by atomic mass is 15.3. The van der Waals surface area contributed by atoms with Gasteiger partial charge < -0.3 is 9.47 Å². The lowest BCUT2D eigenvalue weighted by molar-refractivity contribution is 0.417. The fourth-order valence-corrected chi connectivity index (χ4v) is 5.59. The van der Waals surface area contributed by atoms with Crippen LogP contribution in [0.4, 0.5) is 5.69 Å². The molecule has 0 saturated heterocycles. The summed E-state index contributed by atoms with van der Waals surface area (Å²) in [5.41, 5.74) is 7.03. The topological polar surface area (TPSA) is 21.1 Å². The minimum atomic E-state index is 0.128. The number of aryl methyl sites for hydroxylation is 2. The molecular weight excluding hydrogens is 306 g/mol. The van der Waals surface area contributed by atoms with Crippen molar-refractivity contribution < 1.29 is 0 Å². The number of pyridine rings is 1. The Morgan fingerprint density at radius 3 is 2.60 bits per heavy atom. The van der Waals surface area contributed by atoms with Gasteiger partial charge in [0.15, 0.2) is 0 Å². The van der Waals surface area contributed by atoms with E-state index in [1.807, 2.05) is 6.20 Å². The lowest BCUT2D eigenvalue weighted by atomic mass is 9.87. The Bertz CT molecular complexity index is 963. The smallest absolute Gasteiger partial charge is 0.140 e. The summed E-state index contributed by atoms with van der Waals surface area (Å²) in [6.07, 6.45) is 7.03. The van der Waals surface area contributed by atoms with Crippen molar-refractivity contribution in [2.24, 2.45) is 7.05 Å². The summed E-state index contributed by atoms with van der Waals surface area (Å²) in [5.74, 6) is 0. The third-order valence-electron chi connectivity index (χ3n) is 6.51. The van der Waals surface area contributed by atoms with E-state index in [-0.39, 0.29) is 5.54 Å². The zero-order chi connectivity index (χ0) is 17.2. The minimum Gasteiger partial charge on any atom is -0.353 e. The van der Waals surface area contributed by atoms with E-state index in [1.165, 1.54) is 48.0 Å². The van der Waals surface area contributed by atoms with Crippen LogP contribution in [0.25, 0.3) is 11.0 Å². The maximum atomic E-state index is 4.69. The van der Waals surface area contributed by atoms with Crippen LogP contribution in [0.3, 0.4) is 0 Å². The first-order chi connectivity index (χ1) is 12.1. The number of hydrogen-bond acceptors (Lipinski definition) is 2. The third-order valence-corrected chi connectivity index (χ3v) is 6.51. The Kier molecular flexibility index (Phi) is 3.06. The van der Waals surface area contributed by atoms with Crippen LogP contribution in [0.2, 0.25) is 0 Å². The molecule has 0 N–H and O–H groups in total. The summed E-state index contributed by atoms with van der Waals surface area (Å²) < 4.78 is 2.34. The second-order valence-corrected chi connectivity index (χ2v) is 7.76. The molecule has 3 aromatic rings. The van der Waals surface area contributed by atoms with E-state index in [4.69, 9.17) is 4.98 Å². The van der Waals surface area contributed by atoms with Gasteiger partial charge in [0.1, 0.15) is 5.65 Å². The molecule has 1 aliphatic carbocycles. The molecule has 5 rings (SSSR count). The first-order valence-corrected chi connectivity index (χ1v) is 9.44.